The van der Waals surface area contributed by atoms with Crippen molar-refractivity contribution >= 4 is 11.8 Å². The summed E-state index contributed by atoms with van der Waals surface area (Å²) in [5.74, 6) is 1.59. The van der Waals surface area contributed by atoms with E-state index in [-0.39, 0.29) is 18.0 Å². The number of rotatable bonds is 7. The van der Waals surface area contributed by atoms with Crippen LogP contribution in [0.2, 0.25) is 0 Å². The fourth-order valence-corrected chi connectivity index (χ4v) is 3.12. The van der Waals surface area contributed by atoms with Crippen molar-refractivity contribution in [3.05, 3.63) is 59.9 Å². The van der Waals surface area contributed by atoms with Crippen molar-refractivity contribution < 1.29 is 22.6 Å². The average molecular weight is 420 g/mol. The van der Waals surface area contributed by atoms with Crippen LogP contribution in [0.15, 0.2) is 53.7 Å². The first-order valence-corrected chi connectivity index (χ1v) is 9.29. The number of nitrogens with zero attached hydrogens (tertiary/aromatic N) is 4. The van der Waals surface area contributed by atoms with E-state index in [1.54, 1.807) is 31.4 Å². The van der Waals surface area contributed by atoms with Gasteiger partial charge in [0.1, 0.15) is 18.1 Å². The van der Waals surface area contributed by atoms with E-state index < -0.39 is 11.7 Å². The van der Waals surface area contributed by atoms with E-state index in [2.05, 4.69) is 10.2 Å². The monoisotopic (exact) mass is 420 g/mol. The zero-order valence-electron chi connectivity index (χ0n) is 15.2. The molecule has 0 aliphatic heterocycles. The van der Waals surface area contributed by atoms with Gasteiger partial charge >= 0.3 is 6.18 Å². The second-order valence-electron chi connectivity index (χ2n) is 5.69. The van der Waals surface area contributed by atoms with Crippen LogP contribution in [0.3, 0.4) is 0 Å². The van der Waals surface area contributed by atoms with Crippen LogP contribution in [-0.4, -0.2) is 27.6 Å². The van der Waals surface area contributed by atoms with E-state index >= 15 is 0 Å². The molecule has 0 saturated heterocycles. The Labute approximate surface area is 168 Å². The largest absolute Gasteiger partial charge is 0.497 e. The zero-order valence-corrected chi connectivity index (χ0v) is 16.0. The highest BCUT2D eigenvalue weighted by Crippen LogP contribution is 2.32. The highest BCUT2D eigenvalue weighted by atomic mass is 32.2. The molecular formula is C19H15F3N4O2S. The summed E-state index contributed by atoms with van der Waals surface area (Å²) >= 11 is 1.08. The van der Waals surface area contributed by atoms with Crippen molar-refractivity contribution in [2.24, 2.45) is 0 Å². The number of methoxy groups -OCH3 is 1. The van der Waals surface area contributed by atoms with Crippen LogP contribution in [-0.2, 0) is 12.8 Å². The first-order valence-electron chi connectivity index (χ1n) is 8.31. The number of aromatic nitrogens is 3. The summed E-state index contributed by atoms with van der Waals surface area (Å²) in [5, 5.41) is 17.2. The summed E-state index contributed by atoms with van der Waals surface area (Å²) in [7, 11) is 1.55. The van der Waals surface area contributed by atoms with E-state index in [4.69, 9.17) is 14.7 Å². The molecule has 0 N–H and O–H groups in total. The molecule has 1 heterocycles. The molecule has 0 unspecified atom stereocenters. The van der Waals surface area contributed by atoms with Crippen molar-refractivity contribution in [2.75, 3.05) is 12.9 Å². The fourth-order valence-electron chi connectivity index (χ4n) is 2.48. The molecule has 0 spiro atoms. The van der Waals surface area contributed by atoms with Crippen LogP contribution >= 0.6 is 11.8 Å². The van der Waals surface area contributed by atoms with Crippen LogP contribution in [0.5, 0.6) is 11.5 Å². The third kappa shape index (κ3) is 5.00. The van der Waals surface area contributed by atoms with Crippen LogP contribution < -0.4 is 9.47 Å². The molecule has 1 aromatic heterocycles. The number of alkyl halides is 3. The second kappa shape index (κ2) is 8.87. The molecule has 3 aromatic rings. The van der Waals surface area contributed by atoms with Gasteiger partial charge in [0.15, 0.2) is 11.0 Å². The molecule has 0 saturated carbocycles. The SMILES string of the molecule is COc1ccc(OCc2nnc(SCC#N)n2-c2cccc(C(F)(F)F)c2)cc1. The molecule has 0 aliphatic rings. The maximum atomic E-state index is 13.1. The molecule has 0 fully saturated rings. The predicted molar refractivity (Wildman–Crippen MR) is 100 cm³/mol. The Kier molecular flexibility index (Phi) is 6.29. The first kappa shape index (κ1) is 20.5. The van der Waals surface area contributed by atoms with Crippen LogP contribution in [0, 0.1) is 11.3 Å². The standard InChI is InChI=1S/C19H15F3N4O2S/c1-27-15-5-7-16(8-6-15)28-12-17-24-25-18(29-10-9-23)26(17)14-4-2-3-13(11-14)19(20,21)22/h2-8,11H,10,12H2,1H3. The van der Waals surface area contributed by atoms with Crippen molar-refractivity contribution in [3.8, 4) is 23.3 Å². The molecule has 2 aromatic carbocycles. The molecule has 0 aliphatic carbocycles. The third-order valence-electron chi connectivity index (χ3n) is 3.83. The fraction of sp³-hybridized carbons (Fsp3) is 0.211. The van der Waals surface area contributed by atoms with Gasteiger partial charge < -0.3 is 9.47 Å². The quantitative estimate of drug-likeness (QED) is 0.525. The van der Waals surface area contributed by atoms with Crippen LogP contribution in [0.1, 0.15) is 11.4 Å². The van der Waals surface area contributed by atoms with Gasteiger partial charge in [0.05, 0.1) is 30.2 Å². The number of halogens is 3. The number of hydrogen-bond donors (Lipinski definition) is 0. The maximum absolute atomic E-state index is 13.1. The molecule has 150 valence electrons. The summed E-state index contributed by atoms with van der Waals surface area (Å²) in [6.07, 6.45) is -4.48. The lowest BCUT2D eigenvalue weighted by Crippen LogP contribution is -2.09. The maximum Gasteiger partial charge on any atom is 0.416 e. The minimum atomic E-state index is -4.48. The lowest BCUT2D eigenvalue weighted by atomic mass is 10.2. The van der Waals surface area contributed by atoms with Gasteiger partial charge in [0.2, 0.25) is 0 Å². The van der Waals surface area contributed by atoms with E-state index in [9.17, 15) is 13.2 Å². The van der Waals surface area contributed by atoms with E-state index in [1.807, 2.05) is 6.07 Å². The summed E-state index contributed by atoms with van der Waals surface area (Å²) in [4.78, 5) is 0. The number of nitriles is 1. The lowest BCUT2D eigenvalue weighted by Gasteiger charge is -2.13. The molecule has 10 heteroatoms. The summed E-state index contributed by atoms with van der Waals surface area (Å²) in [5.41, 5.74) is -0.555. The molecule has 0 bridgehead atoms. The van der Waals surface area contributed by atoms with Gasteiger partial charge in [-0.2, -0.15) is 18.4 Å². The molecular weight excluding hydrogens is 405 g/mol. The summed E-state index contributed by atoms with van der Waals surface area (Å²) in [6, 6.07) is 13.7. The highest BCUT2D eigenvalue weighted by Gasteiger charge is 2.31. The number of thioether (sulfide) groups is 1. The smallest absolute Gasteiger partial charge is 0.416 e. The minimum absolute atomic E-state index is 0.0251. The van der Waals surface area contributed by atoms with Crippen molar-refractivity contribution in [2.45, 2.75) is 17.9 Å². The van der Waals surface area contributed by atoms with Crippen molar-refractivity contribution in [1.29, 1.82) is 5.26 Å². The van der Waals surface area contributed by atoms with E-state index in [1.165, 1.54) is 16.7 Å². The minimum Gasteiger partial charge on any atom is -0.497 e. The van der Waals surface area contributed by atoms with Gasteiger partial charge in [0.25, 0.3) is 0 Å². The molecule has 0 radical (unpaired) electrons. The molecule has 0 atom stereocenters. The van der Waals surface area contributed by atoms with Gasteiger partial charge in [-0.25, -0.2) is 0 Å². The first-order chi connectivity index (χ1) is 13.9. The van der Waals surface area contributed by atoms with E-state index in [0.717, 1.165) is 23.9 Å². The second-order valence-corrected chi connectivity index (χ2v) is 6.64. The highest BCUT2D eigenvalue weighted by molar-refractivity contribution is 7.99. The average Bonchev–Trinajstić information content (AvgIpc) is 3.13. The van der Waals surface area contributed by atoms with Crippen molar-refractivity contribution in [3.63, 3.8) is 0 Å². The topological polar surface area (TPSA) is 73.0 Å². The Hall–Kier alpha value is -3.19. The Bertz CT molecular complexity index is 1010. The van der Waals surface area contributed by atoms with Crippen molar-refractivity contribution in [1.82, 2.24) is 14.8 Å². The normalized spacial score (nSPS) is 11.1. The zero-order chi connectivity index (χ0) is 20.9. The Balaban J connectivity index is 1.92. The van der Waals surface area contributed by atoms with Gasteiger partial charge in [-0.15, -0.1) is 10.2 Å². The molecule has 6 nitrogen and oxygen atoms in total. The Morgan fingerprint density at radius 2 is 1.83 bits per heavy atom. The molecule has 0 amide bonds. The third-order valence-corrected chi connectivity index (χ3v) is 4.62. The van der Waals surface area contributed by atoms with E-state index in [0.29, 0.717) is 22.5 Å². The number of benzene rings is 2. The van der Waals surface area contributed by atoms with Gasteiger partial charge in [0, 0.05) is 0 Å². The Morgan fingerprint density at radius 3 is 2.48 bits per heavy atom. The van der Waals surface area contributed by atoms with Crippen LogP contribution in [0.25, 0.3) is 5.69 Å². The summed E-state index contributed by atoms with van der Waals surface area (Å²) < 4.78 is 51.6. The molecule has 29 heavy (non-hydrogen) atoms. The van der Waals surface area contributed by atoms with Crippen LogP contribution in [0.4, 0.5) is 13.2 Å². The van der Waals surface area contributed by atoms with Gasteiger partial charge in [-0.1, -0.05) is 17.8 Å². The van der Waals surface area contributed by atoms with Gasteiger partial charge in [-0.05, 0) is 42.5 Å². The summed E-state index contributed by atoms with van der Waals surface area (Å²) in [6.45, 7) is -0.0251. The number of ether oxygens (including phenoxy) is 2. The lowest BCUT2D eigenvalue weighted by molar-refractivity contribution is -0.137. The molecule has 3 rings (SSSR count). The Morgan fingerprint density at radius 1 is 1.10 bits per heavy atom. The van der Waals surface area contributed by atoms with Gasteiger partial charge in [-0.3, -0.25) is 4.57 Å². The number of hydrogen-bond acceptors (Lipinski definition) is 6. The predicted octanol–water partition coefficient (Wildman–Crippen LogP) is 4.49.